The van der Waals surface area contributed by atoms with Crippen molar-refractivity contribution in [1.29, 1.82) is 0 Å². The van der Waals surface area contributed by atoms with Gasteiger partial charge >= 0.3 is 5.97 Å². The molecule has 2 saturated heterocycles. The van der Waals surface area contributed by atoms with Gasteiger partial charge in [0, 0.05) is 19.7 Å². The van der Waals surface area contributed by atoms with Crippen molar-refractivity contribution in [2.24, 2.45) is 5.41 Å². The van der Waals surface area contributed by atoms with Gasteiger partial charge in [-0.15, -0.1) is 0 Å². The molecule has 0 amide bonds. The van der Waals surface area contributed by atoms with Crippen LogP contribution in [0.25, 0.3) is 0 Å². The smallest absolute Gasteiger partial charge is 0.310 e. The number of rotatable bonds is 3. The summed E-state index contributed by atoms with van der Waals surface area (Å²) in [6.07, 6.45) is 1.71. The van der Waals surface area contributed by atoms with E-state index in [0.717, 1.165) is 6.42 Å². The van der Waals surface area contributed by atoms with Gasteiger partial charge in [-0.05, 0) is 26.2 Å². The van der Waals surface area contributed by atoms with Crippen LogP contribution in [0.5, 0.6) is 0 Å². The molecular weight excluding hydrogens is 258 g/mol. The molecule has 2 fully saturated rings. The molecule has 0 aromatic carbocycles. The van der Waals surface area contributed by atoms with Gasteiger partial charge in [0.1, 0.15) is 0 Å². The van der Waals surface area contributed by atoms with Crippen LogP contribution < -0.4 is 0 Å². The van der Waals surface area contributed by atoms with Gasteiger partial charge in [0.15, 0.2) is 0 Å². The Morgan fingerprint density at radius 1 is 1.50 bits per heavy atom. The van der Waals surface area contributed by atoms with Crippen LogP contribution in [0.1, 0.15) is 26.2 Å². The molecule has 2 atom stereocenters. The summed E-state index contributed by atoms with van der Waals surface area (Å²) in [5, 5.41) is 8.61. The van der Waals surface area contributed by atoms with E-state index in [1.807, 2.05) is 0 Å². The number of carboxylic acids is 1. The molecule has 2 aliphatic heterocycles. The number of ether oxygens (including phenoxy) is 1. The first-order chi connectivity index (χ1) is 8.36. The molecule has 0 spiro atoms. The minimum Gasteiger partial charge on any atom is -0.481 e. The first kappa shape index (κ1) is 13.8. The Kier molecular flexibility index (Phi) is 3.66. The van der Waals surface area contributed by atoms with Crippen LogP contribution in [0, 0.1) is 5.41 Å². The summed E-state index contributed by atoms with van der Waals surface area (Å²) in [6, 6.07) is 0. The van der Waals surface area contributed by atoms with Crippen molar-refractivity contribution in [3.63, 3.8) is 0 Å². The minimum absolute atomic E-state index is 0.0706. The van der Waals surface area contributed by atoms with Gasteiger partial charge in [-0.2, -0.15) is 0 Å². The highest BCUT2D eigenvalue weighted by molar-refractivity contribution is 7.89. The molecule has 0 aromatic heterocycles. The van der Waals surface area contributed by atoms with Crippen molar-refractivity contribution < 1.29 is 23.1 Å². The predicted molar refractivity (Wildman–Crippen MR) is 64.7 cm³/mol. The van der Waals surface area contributed by atoms with Gasteiger partial charge in [0.05, 0.1) is 17.3 Å². The fraction of sp³-hybridized carbons (Fsp3) is 0.909. The van der Waals surface area contributed by atoms with Crippen molar-refractivity contribution in [1.82, 2.24) is 4.31 Å². The Morgan fingerprint density at radius 3 is 2.72 bits per heavy atom. The average Bonchev–Trinajstić information content (AvgIpc) is 2.75. The zero-order valence-electron chi connectivity index (χ0n) is 10.5. The van der Waals surface area contributed by atoms with Gasteiger partial charge in [-0.25, -0.2) is 12.7 Å². The lowest BCUT2D eigenvalue weighted by Gasteiger charge is -2.27. The molecule has 0 saturated carbocycles. The van der Waals surface area contributed by atoms with Gasteiger partial charge in [-0.3, -0.25) is 4.79 Å². The zero-order valence-corrected chi connectivity index (χ0v) is 11.3. The highest BCUT2D eigenvalue weighted by Crippen LogP contribution is 2.33. The second-order valence-corrected chi connectivity index (χ2v) is 7.55. The molecule has 2 heterocycles. The van der Waals surface area contributed by atoms with Crippen LogP contribution in [-0.2, 0) is 19.6 Å². The first-order valence-electron chi connectivity index (χ1n) is 6.16. The lowest BCUT2D eigenvalue weighted by Crippen LogP contribution is -2.43. The molecule has 0 bridgehead atoms. The Labute approximate surface area is 107 Å². The summed E-state index contributed by atoms with van der Waals surface area (Å²) in [5.74, 6) is -0.930. The standard InChI is InChI=1S/C11H19NO5S/c1-11(10(13)14)4-5-12(8-11)18(15,16)9-3-2-6-17-7-9/h9H,2-8H2,1H3,(H,13,14). The number of sulfonamides is 1. The number of carbonyl (C=O) groups is 1. The zero-order chi connectivity index (χ0) is 13.4. The molecule has 0 radical (unpaired) electrons. The molecule has 0 aromatic rings. The Hall–Kier alpha value is -0.660. The SMILES string of the molecule is CC1(C(=O)O)CCN(S(=O)(=O)C2CCCOC2)C1. The average molecular weight is 277 g/mol. The summed E-state index contributed by atoms with van der Waals surface area (Å²) in [7, 11) is -3.42. The van der Waals surface area contributed by atoms with E-state index in [1.54, 1.807) is 6.92 Å². The minimum atomic E-state index is -3.42. The molecule has 2 aliphatic rings. The normalized spacial score (nSPS) is 34.6. The van der Waals surface area contributed by atoms with Crippen LogP contribution in [0.15, 0.2) is 0 Å². The number of carboxylic acid groups (broad SMARTS) is 1. The van der Waals surface area contributed by atoms with Crippen molar-refractivity contribution in [3.05, 3.63) is 0 Å². The van der Waals surface area contributed by atoms with Gasteiger partial charge in [-0.1, -0.05) is 0 Å². The first-order valence-corrected chi connectivity index (χ1v) is 7.67. The van der Waals surface area contributed by atoms with Gasteiger partial charge in [0.25, 0.3) is 0 Å². The van der Waals surface area contributed by atoms with E-state index >= 15 is 0 Å². The lowest BCUT2D eigenvalue weighted by molar-refractivity contribution is -0.146. The van der Waals surface area contributed by atoms with Crippen LogP contribution in [-0.4, -0.2) is 55.4 Å². The molecule has 2 unspecified atom stereocenters. The topological polar surface area (TPSA) is 83.9 Å². The maximum absolute atomic E-state index is 12.4. The summed E-state index contributed by atoms with van der Waals surface area (Å²) < 4.78 is 31.2. The van der Waals surface area contributed by atoms with Crippen LogP contribution in [0.4, 0.5) is 0 Å². The number of nitrogens with zero attached hydrogens (tertiary/aromatic N) is 1. The van der Waals surface area contributed by atoms with Crippen LogP contribution >= 0.6 is 0 Å². The van der Waals surface area contributed by atoms with Crippen molar-refractivity contribution in [2.45, 2.75) is 31.4 Å². The van der Waals surface area contributed by atoms with Crippen molar-refractivity contribution in [3.8, 4) is 0 Å². The van der Waals surface area contributed by atoms with Crippen molar-refractivity contribution in [2.75, 3.05) is 26.3 Å². The lowest BCUT2D eigenvalue weighted by atomic mass is 9.90. The molecule has 7 heteroatoms. The van der Waals surface area contributed by atoms with Crippen LogP contribution in [0.2, 0.25) is 0 Å². The van der Waals surface area contributed by atoms with E-state index in [9.17, 15) is 13.2 Å². The van der Waals surface area contributed by atoms with Crippen molar-refractivity contribution >= 4 is 16.0 Å². The largest absolute Gasteiger partial charge is 0.481 e. The molecular formula is C11H19NO5S. The van der Waals surface area contributed by atoms with E-state index in [2.05, 4.69) is 0 Å². The van der Waals surface area contributed by atoms with Gasteiger partial charge in [0.2, 0.25) is 10.0 Å². The highest BCUT2D eigenvalue weighted by atomic mass is 32.2. The summed E-state index contributed by atoms with van der Waals surface area (Å²) in [5.41, 5.74) is -0.956. The summed E-state index contributed by atoms with van der Waals surface area (Å²) in [4.78, 5) is 11.1. The highest BCUT2D eigenvalue weighted by Gasteiger charge is 2.46. The number of hydrogen-bond donors (Lipinski definition) is 1. The fourth-order valence-electron chi connectivity index (χ4n) is 2.47. The molecule has 2 rings (SSSR count). The Balaban J connectivity index is 2.10. The number of aliphatic carboxylic acids is 1. The maximum Gasteiger partial charge on any atom is 0.310 e. The summed E-state index contributed by atoms with van der Waals surface area (Å²) >= 11 is 0. The van der Waals surface area contributed by atoms with E-state index in [0.29, 0.717) is 26.0 Å². The molecule has 1 N–H and O–H groups in total. The second-order valence-electron chi connectivity index (χ2n) is 5.33. The third-order valence-electron chi connectivity index (χ3n) is 3.85. The van der Waals surface area contributed by atoms with E-state index in [-0.39, 0.29) is 13.2 Å². The van der Waals surface area contributed by atoms with E-state index in [4.69, 9.17) is 9.84 Å². The molecule has 104 valence electrons. The molecule has 6 nitrogen and oxygen atoms in total. The summed E-state index contributed by atoms with van der Waals surface area (Å²) in [6.45, 7) is 2.80. The van der Waals surface area contributed by atoms with E-state index < -0.39 is 26.7 Å². The number of hydrogen-bond acceptors (Lipinski definition) is 4. The molecule has 0 aliphatic carbocycles. The van der Waals surface area contributed by atoms with E-state index in [1.165, 1.54) is 4.31 Å². The van der Waals surface area contributed by atoms with Crippen LogP contribution in [0.3, 0.4) is 0 Å². The quantitative estimate of drug-likeness (QED) is 0.801. The van der Waals surface area contributed by atoms with Gasteiger partial charge < -0.3 is 9.84 Å². The third-order valence-corrected chi connectivity index (χ3v) is 6.10. The maximum atomic E-state index is 12.4. The second kappa shape index (κ2) is 4.79. The predicted octanol–water partition coefficient (Wildman–Crippen LogP) is 0.292. The Morgan fingerprint density at radius 2 is 2.22 bits per heavy atom. The molecule has 18 heavy (non-hydrogen) atoms. The monoisotopic (exact) mass is 277 g/mol. The fourth-order valence-corrected chi connectivity index (χ4v) is 4.43. The Bertz CT molecular complexity index is 429. The third kappa shape index (κ3) is 2.39.